The minimum Gasteiger partial charge on any atom is -0.479 e. The Morgan fingerprint density at radius 1 is 1.45 bits per heavy atom. The van der Waals surface area contributed by atoms with Crippen LogP contribution in [0.15, 0.2) is 18.2 Å². The van der Waals surface area contributed by atoms with E-state index in [1.54, 1.807) is 0 Å². The number of aliphatic hydroxyl groups is 1. The smallest absolute Gasteiger partial charge is 0.332 e. The first-order chi connectivity index (χ1) is 9.32. The maximum Gasteiger partial charge on any atom is 0.332 e. The number of hydrogen-bond donors (Lipinski definition) is 3. The maximum atomic E-state index is 11.8. The first-order valence-electron chi connectivity index (χ1n) is 5.46. The predicted molar refractivity (Wildman–Crippen MR) is 76.4 cm³/mol. The van der Waals surface area contributed by atoms with Gasteiger partial charge in [0.1, 0.15) is 0 Å². The summed E-state index contributed by atoms with van der Waals surface area (Å²) in [5.41, 5.74) is -0.0780. The Morgan fingerprint density at radius 3 is 2.65 bits per heavy atom. The lowest BCUT2D eigenvalue weighted by Gasteiger charge is -2.08. The number of carbonyl (C=O) groups excluding carboxylic acids is 1. The molecule has 1 aromatic rings. The highest BCUT2D eigenvalue weighted by molar-refractivity contribution is 14.1. The van der Waals surface area contributed by atoms with E-state index in [0.29, 0.717) is 3.57 Å². The number of halogens is 1. The van der Waals surface area contributed by atoms with E-state index in [-0.39, 0.29) is 24.2 Å². The minimum absolute atomic E-state index is 0.0505. The van der Waals surface area contributed by atoms with Crippen LogP contribution in [-0.2, 0) is 4.79 Å². The van der Waals surface area contributed by atoms with Gasteiger partial charge in [-0.15, -0.1) is 0 Å². The normalized spacial score (nSPS) is 11.7. The van der Waals surface area contributed by atoms with Crippen molar-refractivity contribution in [3.8, 4) is 0 Å². The van der Waals surface area contributed by atoms with Gasteiger partial charge in [-0.1, -0.05) is 0 Å². The van der Waals surface area contributed by atoms with Crippen molar-refractivity contribution < 1.29 is 24.7 Å². The molecule has 1 rings (SSSR count). The summed E-state index contributed by atoms with van der Waals surface area (Å²) in [5.74, 6) is -1.93. The SMILES string of the molecule is O=C(NCC[C@H](O)C(=O)O)c1cc([N+](=O)[O-])ccc1I. The summed E-state index contributed by atoms with van der Waals surface area (Å²) in [4.78, 5) is 32.2. The summed E-state index contributed by atoms with van der Waals surface area (Å²) in [6.07, 6.45) is -1.70. The lowest BCUT2D eigenvalue weighted by Crippen LogP contribution is -2.30. The zero-order chi connectivity index (χ0) is 15.3. The fraction of sp³-hybridized carbons (Fsp3) is 0.273. The number of carboxylic acids is 1. The second kappa shape index (κ2) is 7.14. The number of hydrogen-bond acceptors (Lipinski definition) is 5. The highest BCUT2D eigenvalue weighted by atomic mass is 127. The van der Waals surface area contributed by atoms with Crippen molar-refractivity contribution in [3.63, 3.8) is 0 Å². The fourth-order valence-electron chi connectivity index (χ4n) is 1.34. The first-order valence-corrected chi connectivity index (χ1v) is 6.54. The number of non-ortho nitro benzene ring substituents is 1. The van der Waals surface area contributed by atoms with Gasteiger partial charge in [-0.25, -0.2) is 4.79 Å². The number of aliphatic carboxylic acids is 1. The lowest BCUT2D eigenvalue weighted by atomic mass is 10.2. The van der Waals surface area contributed by atoms with Crippen LogP contribution < -0.4 is 5.32 Å². The zero-order valence-corrected chi connectivity index (χ0v) is 12.2. The Kier molecular flexibility index (Phi) is 5.82. The van der Waals surface area contributed by atoms with Gasteiger partial charge in [0.15, 0.2) is 6.10 Å². The molecular weight excluding hydrogens is 383 g/mol. The molecular formula is C11H11IN2O6. The number of rotatable bonds is 6. The van der Waals surface area contributed by atoms with E-state index in [4.69, 9.17) is 10.2 Å². The number of nitrogens with zero attached hydrogens (tertiary/aromatic N) is 1. The summed E-state index contributed by atoms with van der Waals surface area (Å²) < 4.78 is 0.532. The predicted octanol–water partition coefficient (Wildman–Crippen LogP) is 0.765. The Hall–Kier alpha value is -1.75. The molecule has 20 heavy (non-hydrogen) atoms. The van der Waals surface area contributed by atoms with Gasteiger partial charge in [-0.3, -0.25) is 14.9 Å². The number of nitro benzene ring substituents is 1. The quantitative estimate of drug-likeness (QED) is 0.371. The van der Waals surface area contributed by atoms with E-state index in [1.165, 1.54) is 12.1 Å². The van der Waals surface area contributed by atoms with Crippen LogP contribution in [0.25, 0.3) is 0 Å². The van der Waals surface area contributed by atoms with Gasteiger partial charge in [-0.05, 0) is 28.7 Å². The molecule has 0 aliphatic heterocycles. The Morgan fingerprint density at radius 2 is 2.10 bits per heavy atom. The molecule has 1 aromatic carbocycles. The molecule has 0 saturated carbocycles. The molecule has 0 bridgehead atoms. The zero-order valence-electron chi connectivity index (χ0n) is 10.1. The molecule has 108 valence electrons. The van der Waals surface area contributed by atoms with Crippen LogP contribution in [0.3, 0.4) is 0 Å². The molecule has 0 unspecified atom stereocenters. The first kappa shape index (κ1) is 16.3. The van der Waals surface area contributed by atoms with Crippen molar-refractivity contribution in [2.24, 2.45) is 0 Å². The molecule has 1 amide bonds. The molecule has 3 N–H and O–H groups in total. The Labute approximate surface area is 127 Å². The third kappa shape index (κ3) is 4.42. The van der Waals surface area contributed by atoms with Crippen molar-refractivity contribution in [2.45, 2.75) is 12.5 Å². The number of aliphatic hydroxyl groups excluding tert-OH is 1. The average molecular weight is 394 g/mol. The highest BCUT2D eigenvalue weighted by Crippen LogP contribution is 2.19. The lowest BCUT2D eigenvalue weighted by molar-refractivity contribution is -0.384. The highest BCUT2D eigenvalue weighted by Gasteiger charge is 2.17. The van der Waals surface area contributed by atoms with Crippen LogP contribution in [0.2, 0.25) is 0 Å². The van der Waals surface area contributed by atoms with Crippen molar-refractivity contribution in [1.29, 1.82) is 0 Å². The van der Waals surface area contributed by atoms with Gasteiger partial charge < -0.3 is 15.5 Å². The van der Waals surface area contributed by atoms with Gasteiger partial charge in [0.05, 0.1) is 10.5 Å². The van der Waals surface area contributed by atoms with Gasteiger partial charge in [0.2, 0.25) is 0 Å². The van der Waals surface area contributed by atoms with Crippen molar-refractivity contribution >= 4 is 40.2 Å². The third-order valence-electron chi connectivity index (χ3n) is 2.39. The number of carboxylic acid groups (broad SMARTS) is 1. The standard InChI is InChI=1S/C11H11IN2O6/c12-8-2-1-6(14(19)20)5-7(8)10(16)13-4-3-9(15)11(17)18/h1-2,5,9,15H,3-4H2,(H,13,16)(H,17,18)/t9-/m0/s1. The molecule has 9 heteroatoms. The number of amides is 1. The molecule has 8 nitrogen and oxygen atoms in total. The minimum atomic E-state index is -1.56. The summed E-state index contributed by atoms with van der Waals surface area (Å²) in [6, 6.07) is 3.87. The second-order valence-corrected chi connectivity index (χ2v) is 4.98. The van der Waals surface area contributed by atoms with E-state index in [0.717, 1.165) is 6.07 Å². The largest absolute Gasteiger partial charge is 0.479 e. The van der Waals surface area contributed by atoms with Crippen LogP contribution in [0.5, 0.6) is 0 Å². The van der Waals surface area contributed by atoms with E-state index in [9.17, 15) is 19.7 Å². The van der Waals surface area contributed by atoms with Crippen LogP contribution >= 0.6 is 22.6 Å². The molecule has 0 saturated heterocycles. The van der Waals surface area contributed by atoms with Gasteiger partial charge in [0, 0.05) is 28.7 Å². The third-order valence-corrected chi connectivity index (χ3v) is 3.33. The van der Waals surface area contributed by atoms with Crippen molar-refractivity contribution in [3.05, 3.63) is 37.4 Å². The van der Waals surface area contributed by atoms with Gasteiger partial charge in [0.25, 0.3) is 11.6 Å². The van der Waals surface area contributed by atoms with Crippen molar-refractivity contribution in [2.75, 3.05) is 6.54 Å². The second-order valence-electron chi connectivity index (χ2n) is 3.82. The molecule has 0 fully saturated rings. The average Bonchev–Trinajstić information content (AvgIpc) is 2.38. The maximum absolute atomic E-state index is 11.8. The molecule has 0 heterocycles. The summed E-state index contributed by atoms with van der Waals surface area (Å²) in [7, 11) is 0. The van der Waals surface area contributed by atoms with Gasteiger partial charge >= 0.3 is 5.97 Å². The molecule has 0 radical (unpaired) electrons. The van der Waals surface area contributed by atoms with E-state index < -0.39 is 22.9 Å². The summed E-state index contributed by atoms with van der Waals surface area (Å²) in [6.45, 7) is -0.0505. The van der Waals surface area contributed by atoms with Gasteiger partial charge in [-0.2, -0.15) is 0 Å². The molecule has 0 aliphatic rings. The summed E-state index contributed by atoms with van der Waals surface area (Å²) >= 11 is 1.86. The number of carbonyl (C=O) groups is 2. The van der Waals surface area contributed by atoms with Crippen LogP contribution in [0, 0.1) is 13.7 Å². The monoisotopic (exact) mass is 394 g/mol. The molecule has 0 aromatic heterocycles. The van der Waals surface area contributed by atoms with Crippen LogP contribution in [-0.4, -0.2) is 39.7 Å². The fourth-order valence-corrected chi connectivity index (χ4v) is 1.92. The van der Waals surface area contributed by atoms with Crippen LogP contribution in [0.1, 0.15) is 16.8 Å². The number of nitro groups is 1. The van der Waals surface area contributed by atoms with E-state index >= 15 is 0 Å². The van der Waals surface area contributed by atoms with E-state index in [2.05, 4.69) is 5.32 Å². The molecule has 0 aliphatic carbocycles. The van der Waals surface area contributed by atoms with E-state index in [1.807, 2.05) is 22.6 Å². The Balaban J connectivity index is 2.70. The molecule has 0 spiro atoms. The molecule has 1 atom stereocenters. The number of benzene rings is 1. The topological polar surface area (TPSA) is 130 Å². The van der Waals surface area contributed by atoms with Crippen LogP contribution in [0.4, 0.5) is 5.69 Å². The summed E-state index contributed by atoms with van der Waals surface area (Å²) in [5, 5.41) is 30.5. The number of nitrogens with one attached hydrogen (secondary N) is 1. The Bertz CT molecular complexity index is 548. The van der Waals surface area contributed by atoms with Crippen molar-refractivity contribution in [1.82, 2.24) is 5.32 Å².